The molecule has 1 aliphatic heterocycles. The third-order valence-electron chi connectivity index (χ3n) is 2.60. The van der Waals surface area contributed by atoms with Crippen LogP contribution in [0.3, 0.4) is 0 Å². The number of rotatable bonds is 5. The SMILES string of the molecule is CC(=O)OC[C@@H](OC(C)=O)[C@H]1OC[C@H](O)[C@H]1OC(C)=O. The van der Waals surface area contributed by atoms with E-state index in [4.69, 9.17) is 18.9 Å². The van der Waals surface area contributed by atoms with Gasteiger partial charge in [-0.15, -0.1) is 0 Å². The lowest BCUT2D eigenvalue weighted by molar-refractivity contribution is -0.174. The van der Waals surface area contributed by atoms with Gasteiger partial charge in [0.15, 0.2) is 12.2 Å². The molecule has 0 aromatic heterocycles. The average Bonchev–Trinajstić information content (AvgIpc) is 2.65. The summed E-state index contributed by atoms with van der Waals surface area (Å²) in [4.78, 5) is 32.9. The molecule has 1 rings (SSSR count). The van der Waals surface area contributed by atoms with Crippen LogP contribution in [-0.4, -0.2) is 60.6 Å². The van der Waals surface area contributed by atoms with Crippen molar-refractivity contribution in [2.24, 2.45) is 0 Å². The molecule has 0 aromatic rings. The number of carbonyl (C=O) groups excluding carboxylic acids is 3. The van der Waals surface area contributed by atoms with Crippen molar-refractivity contribution in [1.29, 1.82) is 0 Å². The molecule has 0 spiro atoms. The Morgan fingerprint density at radius 1 is 1.20 bits per heavy atom. The molecule has 0 amide bonds. The highest BCUT2D eigenvalue weighted by molar-refractivity contribution is 5.67. The molecule has 20 heavy (non-hydrogen) atoms. The van der Waals surface area contributed by atoms with Gasteiger partial charge in [0.25, 0.3) is 0 Å². The Hall–Kier alpha value is -1.67. The van der Waals surface area contributed by atoms with E-state index in [1.807, 2.05) is 0 Å². The van der Waals surface area contributed by atoms with Crippen LogP contribution in [0.4, 0.5) is 0 Å². The summed E-state index contributed by atoms with van der Waals surface area (Å²) >= 11 is 0. The standard InChI is InChI=1S/C12H18O8/c1-6(13)17-5-10(19-7(2)14)12-11(20-8(3)15)9(16)4-18-12/h9-12,16H,4-5H2,1-3H3/t9-,10+,11+,12+/m0/s1. The van der Waals surface area contributed by atoms with E-state index in [2.05, 4.69) is 0 Å². The van der Waals surface area contributed by atoms with Gasteiger partial charge in [-0.1, -0.05) is 0 Å². The molecule has 1 N–H and O–H groups in total. The van der Waals surface area contributed by atoms with Crippen molar-refractivity contribution in [2.75, 3.05) is 13.2 Å². The molecule has 1 saturated heterocycles. The van der Waals surface area contributed by atoms with Gasteiger partial charge in [-0.2, -0.15) is 0 Å². The third-order valence-corrected chi connectivity index (χ3v) is 2.60. The third kappa shape index (κ3) is 4.78. The van der Waals surface area contributed by atoms with Crippen molar-refractivity contribution < 1.29 is 38.4 Å². The lowest BCUT2D eigenvalue weighted by Crippen LogP contribution is -2.45. The number of esters is 3. The number of aliphatic hydroxyl groups is 1. The van der Waals surface area contributed by atoms with Gasteiger partial charge in [0.1, 0.15) is 18.8 Å². The highest BCUT2D eigenvalue weighted by Gasteiger charge is 2.45. The summed E-state index contributed by atoms with van der Waals surface area (Å²) in [6.07, 6.45) is -3.86. The average molecular weight is 290 g/mol. The Labute approximate surface area is 115 Å². The predicted octanol–water partition coefficient (Wildman–Crippen LogP) is -0.827. The van der Waals surface area contributed by atoms with Crippen molar-refractivity contribution >= 4 is 17.9 Å². The quantitative estimate of drug-likeness (QED) is 0.516. The van der Waals surface area contributed by atoms with E-state index in [9.17, 15) is 19.5 Å². The molecule has 0 aliphatic carbocycles. The van der Waals surface area contributed by atoms with Crippen molar-refractivity contribution in [3.05, 3.63) is 0 Å². The van der Waals surface area contributed by atoms with Gasteiger partial charge in [-0.05, 0) is 0 Å². The molecule has 1 heterocycles. The van der Waals surface area contributed by atoms with Crippen LogP contribution in [0.5, 0.6) is 0 Å². The molecule has 0 radical (unpaired) electrons. The zero-order chi connectivity index (χ0) is 15.3. The van der Waals surface area contributed by atoms with E-state index in [1.165, 1.54) is 20.8 Å². The molecule has 0 bridgehead atoms. The molecule has 0 saturated carbocycles. The largest absolute Gasteiger partial charge is 0.462 e. The molecule has 8 heteroatoms. The normalized spacial score (nSPS) is 26.7. The van der Waals surface area contributed by atoms with Gasteiger partial charge in [0, 0.05) is 20.8 Å². The first-order valence-corrected chi connectivity index (χ1v) is 6.08. The second-order valence-corrected chi connectivity index (χ2v) is 4.39. The second-order valence-electron chi connectivity index (χ2n) is 4.39. The van der Waals surface area contributed by atoms with E-state index in [1.54, 1.807) is 0 Å². The van der Waals surface area contributed by atoms with Crippen molar-refractivity contribution in [2.45, 2.75) is 45.2 Å². The van der Waals surface area contributed by atoms with Crippen LogP contribution in [0.25, 0.3) is 0 Å². The zero-order valence-corrected chi connectivity index (χ0v) is 11.5. The van der Waals surface area contributed by atoms with Gasteiger partial charge in [-0.3, -0.25) is 14.4 Å². The maximum atomic E-state index is 11.1. The molecular formula is C12H18O8. The van der Waals surface area contributed by atoms with E-state index < -0.39 is 42.3 Å². The smallest absolute Gasteiger partial charge is 0.303 e. The summed E-state index contributed by atoms with van der Waals surface area (Å²) < 4.78 is 20.0. The van der Waals surface area contributed by atoms with Gasteiger partial charge in [0.05, 0.1) is 6.61 Å². The van der Waals surface area contributed by atoms with Gasteiger partial charge in [-0.25, -0.2) is 0 Å². The minimum Gasteiger partial charge on any atom is -0.462 e. The maximum Gasteiger partial charge on any atom is 0.303 e. The van der Waals surface area contributed by atoms with Crippen LogP contribution < -0.4 is 0 Å². The van der Waals surface area contributed by atoms with Crippen molar-refractivity contribution in [1.82, 2.24) is 0 Å². The molecule has 0 unspecified atom stereocenters. The monoisotopic (exact) mass is 290 g/mol. The lowest BCUT2D eigenvalue weighted by atomic mass is 10.1. The number of aliphatic hydroxyl groups excluding tert-OH is 1. The first-order chi connectivity index (χ1) is 9.31. The molecule has 0 aromatic carbocycles. The summed E-state index contributed by atoms with van der Waals surface area (Å²) in [7, 11) is 0. The summed E-state index contributed by atoms with van der Waals surface area (Å²) in [5.41, 5.74) is 0. The zero-order valence-electron chi connectivity index (χ0n) is 11.5. The molecular weight excluding hydrogens is 272 g/mol. The predicted molar refractivity (Wildman–Crippen MR) is 63.5 cm³/mol. The first-order valence-electron chi connectivity index (χ1n) is 6.08. The molecule has 4 atom stereocenters. The van der Waals surface area contributed by atoms with Gasteiger partial charge >= 0.3 is 17.9 Å². The Morgan fingerprint density at radius 2 is 1.85 bits per heavy atom. The highest BCUT2D eigenvalue weighted by Crippen LogP contribution is 2.23. The Morgan fingerprint density at radius 3 is 2.35 bits per heavy atom. The second kappa shape index (κ2) is 7.20. The van der Waals surface area contributed by atoms with Crippen molar-refractivity contribution in [3.63, 3.8) is 0 Å². The number of hydrogen-bond donors (Lipinski definition) is 1. The molecule has 114 valence electrons. The fourth-order valence-corrected chi connectivity index (χ4v) is 1.88. The van der Waals surface area contributed by atoms with E-state index in [-0.39, 0.29) is 13.2 Å². The van der Waals surface area contributed by atoms with Crippen LogP contribution in [-0.2, 0) is 33.3 Å². The highest BCUT2D eigenvalue weighted by atomic mass is 16.6. The Kier molecular flexibility index (Phi) is 5.90. The fraction of sp³-hybridized carbons (Fsp3) is 0.750. The van der Waals surface area contributed by atoms with E-state index in [0.29, 0.717) is 0 Å². The number of ether oxygens (including phenoxy) is 4. The number of carbonyl (C=O) groups is 3. The van der Waals surface area contributed by atoms with Crippen LogP contribution >= 0.6 is 0 Å². The summed E-state index contributed by atoms with van der Waals surface area (Å²) in [6.45, 7) is 3.27. The maximum absolute atomic E-state index is 11.1. The van der Waals surface area contributed by atoms with Crippen LogP contribution in [0.1, 0.15) is 20.8 Å². The van der Waals surface area contributed by atoms with Crippen molar-refractivity contribution in [3.8, 4) is 0 Å². The minimum atomic E-state index is -1.03. The van der Waals surface area contributed by atoms with E-state index >= 15 is 0 Å². The topological polar surface area (TPSA) is 108 Å². The molecule has 8 nitrogen and oxygen atoms in total. The van der Waals surface area contributed by atoms with Gasteiger partial charge < -0.3 is 24.1 Å². The Balaban J connectivity index is 2.78. The van der Waals surface area contributed by atoms with Crippen LogP contribution in [0.15, 0.2) is 0 Å². The molecule has 1 fully saturated rings. The Bertz CT molecular complexity index is 380. The van der Waals surface area contributed by atoms with Gasteiger partial charge in [0.2, 0.25) is 0 Å². The fourth-order valence-electron chi connectivity index (χ4n) is 1.88. The van der Waals surface area contributed by atoms with E-state index in [0.717, 1.165) is 0 Å². The number of hydrogen-bond acceptors (Lipinski definition) is 8. The summed E-state index contributed by atoms with van der Waals surface area (Å²) in [5.74, 6) is -1.75. The minimum absolute atomic E-state index is 0.0690. The van der Waals surface area contributed by atoms with Crippen LogP contribution in [0, 0.1) is 0 Å². The molecule has 1 aliphatic rings. The van der Waals surface area contributed by atoms with Crippen LogP contribution in [0.2, 0.25) is 0 Å². The summed E-state index contributed by atoms with van der Waals surface area (Å²) in [5, 5.41) is 9.72. The first kappa shape index (κ1) is 16.4. The lowest BCUT2D eigenvalue weighted by Gasteiger charge is -2.27. The summed E-state index contributed by atoms with van der Waals surface area (Å²) in [6, 6.07) is 0.